The highest BCUT2D eigenvalue weighted by Crippen LogP contribution is 2.36. The van der Waals surface area contributed by atoms with Crippen molar-refractivity contribution < 1.29 is 0 Å². The monoisotopic (exact) mass is 350 g/mol. The number of thiazole rings is 1. The third-order valence-electron chi connectivity index (χ3n) is 4.16. The first-order valence-corrected chi connectivity index (χ1v) is 8.71. The fourth-order valence-corrected chi connectivity index (χ4v) is 4.06. The second kappa shape index (κ2) is 5.19. The second-order valence-corrected chi connectivity index (χ2v) is 6.73. The quantitative estimate of drug-likeness (QED) is 0.414. The van der Waals surface area contributed by atoms with Crippen LogP contribution in [0.1, 0.15) is 0 Å². The lowest BCUT2D eigenvalue weighted by Gasteiger charge is -1.96. The molecule has 0 spiro atoms. The topological polar surface area (TPSA) is 57.4 Å². The van der Waals surface area contributed by atoms with Gasteiger partial charge in [0.05, 0.1) is 11.2 Å². The van der Waals surface area contributed by atoms with E-state index in [1.807, 2.05) is 30.6 Å². The van der Waals surface area contributed by atoms with Gasteiger partial charge in [-0.2, -0.15) is 0 Å². The maximum absolute atomic E-state index is 6.15. The molecule has 116 valence electrons. The van der Waals surface area contributed by atoms with Crippen LogP contribution in [0.25, 0.3) is 43.6 Å². The Morgan fingerprint density at radius 2 is 1.83 bits per heavy atom. The van der Waals surface area contributed by atoms with Crippen LogP contribution in [0.2, 0.25) is 5.15 Å². The Balaban J connectivity index is 1.66. The largest absolute Gasteiger partial charge is 0.360 e. The molecule has 0 saturated carbocycles. The van der Waals surface area contributed by atoms with Crippen LogP contribution in [0.5, 0.6) is 0 Å². The minimum Gasteiger partial charge on any atom is -0.360 e. The average molecular weight is 351 g/mol. The van der Waals surface area contributed by atoms with Crippen molar-refractivity contribution in [3.63, 3.8) is 0 Å². The van der Waals surface area contributed by atoms with Crippen LogP contribution in [0.15, 0.2) is 54.3 Å². The van der Waals surface area contributed by atoms with Crippen molar-refractivity contribution in [1.29, 1.82) is 0 Å². The Kier molecular flexibility index (Phi) is 2.98. The van der Waals surface area contributed by atoms with E-state index in [1.54, 1.807) is 17.5 Å². The number of H-pyrrole nitrogens is 2. The van der Waals surface area contributed by atoms with Crippen LogP contribution in [-0.2, 0) is 0 Å². The highest BCUT2D eigenvalue weighted by Gasteiger charge is 2.14. The maximum Gasteiger partial charge on any atom is 0.153 e. The smallest absolute Gasteiger partial charge is 0.153 e. The number of benzene rings is 1. The third kappa shape index (κ3) is 1.99. The Hall–Kier alpha value is -2.63. The van der Waals surface area contributed by atoms with Gasteiger partial charge in [0.2, 0.25) is 0 Å². The predicted octanol–water partition coefficient (Wildman–Crippen LogP) is 5.49. The van der Waals surface area contributed by atoms with Gasteiger partial charge in [0, 0.05) is 51.4 Å². The molecule has 0 bridgehead atoms. The van der Waals surface area contributed by atoms with Gasteiger partial charge in [-0.05, 0) is 12.1 Å². The summed E-state index contributed by atoms with van der Waals surface area (Å²) in [4.78, 5) is 15.4. The van der Waals surface area contributed by atoms with Crippen molar-refractivity contribution in [1.82, 2.24) is 19.9 Å². The Morgan fingerprint density at radius 1 is 0.958 bits per heavy atom. The van der Waals surface area contributed by atoms with E-state index >= 15 is 0 Å². The fourth-order valence-electron chi connectivity index (χ4n) is 3.00. The third-order valence-corrected chi connectivity index (χ3v) is 5.32. The van der Waals surface area contributed by atoms with Gasteiger partial charge >= 0.3 is 0 Å². The molecule has 4 heterocycles. The van der Waals surface area contributed by atoms with Gasteiger partial charge in [-0.3, -0.25) is 0 Å². The second-order valence-electron chi connectivity index (χ2n) is 5.51. The molecule has 0 amide bonds. The highest BCUT2D eigenvalue weighted by molar-refractivity contribution is 7.13. The molecule has 0 atom stereocenters. The first kappa shape index (κ1) is 13.8. The molecule has 0 aliphatic rings. The van der Waals surface area contributed by atoms with E-state index in [0.717, 1.165) is 38.2 Å². The molecule has 0 fully saturated rings. The normalized spacial score (nSPS) is 11.5. The predicted molar refractivity (Wildman–Crippen MR) is 99.5 cm³/mol. The van der Waals surface area contributed by atoms with Crippen molar-refractivity contribution in [3.8, 4) is 21.8 Å². The summed E-state index contributed by atoms with van der Waals surface area (Å²) in [6, 6.07) is 10.2. The molecule has 0 saturated heterocycles. The number of hydrogen-bond acceptors (Lipinski definition) is 3. The van der Waals surface area contributed by atoms with Gasteiger partial charge in [-0.15, -0.1) is 11.3 Å². The van der Waals surface area contributed by atoms with Gasteiger partial charge in [-0.25, -0.2) is 9.97 Å². The van der Waals surface area contributed by atoms with Crippen LogP contribution in [-0.4, -0.2) is 19.9 Å². The number of nitrogens with one attached hydrogen (secondary N) is 2. The molecule has 4 nitrogen and oxygen atoms in total. The van der Waals surface area contributed by atoms with Gasteiger partial charge in [-0.1, -0.05) is 29.8 Å². The first-order chi connectivity index (χ1) is 11.8. The summed E-state index contributed by atoms with van der Waals surface area (Å²) in [5, 5.41) is 5.77. The number of nitrogens with zero attached hydrogens (tertiary/aromatic N) is 2. The Labute approximate surface area is 146 Å². The van der Waals surface area contributed by atoms with E-state index in [4.69, 9.17) is 16.6 Å². The summed E-state index contributed by atoms with van der Waals surface area (Å²) >= 11 is 7.78. The summed E-state index contributed by atoms with van der Waals surface area (Å²) < 4.78 is 0. The van der Waals surface area contributed by atoms with E-state index in [2.05, 4.69) is 32.5 Å². The average Bonchev–Trinajstić information content (AvgIpc) is 3.32. The van der Waals surface area contributed by atoms with Crippen molar-refractivity contribution >= 4 is 44.7 Å². The zero-order valence-corrected chi connectivity index (χ0v) is 13.9. The number of pyridine rings is 1. The van der Waals surface area contributed by atoms with Crippen LogP contribution in [0.4, 0.5) is 0 Å². The number of rotatable bonds is 2. The van der Waals surface area contributed by atoms with Crippen LogP contribution in [0.3, 0.4) is 0 Å². The molecule has 4 aromatic heterocycles. The summed E-state index contributed by atoms with van der Waals surface area (Å²) in [7, 11) is 0. The standard InChI is InChI=1S/C18H11ClN4S/c19-17-16-11(5-6-20-17)12(7-22-16)15-9-24-18(23-15)13-8-21-14-4-2-1-3-10(13)14/h1-9,21-22H. The summed E-state index contributed by atoms with van der Waals surface area (Å²) in [5.41, 5.74) is 5.07. The van der Waals surface area contributed by atoms with Gasteiger partial charge in [0.15, 0.2) is 5.15 Å². The zero-order valence-electron chi connectivity index (χ0n) is 12.4. The summed E-state index contributed by atoms with van der Waals surface area (Å²) in [6.45, 7) is 0. The number of fused-ring (bicyclic) bond motifs is 2. The molecule has 0 aliphatic heterocycles. The molecule has 0 aliphatic carbocycles. The van der Waals surface area contributed by atoms with Crippen LogP contribution < -0.4 is 0 Å². The maximum atomic E-state index is 6.15. The Bertz CT molecular complexity index is 1180. The number of halogens is 1. The van der Waals surface area contributed by atoms with Crippen molar-refractivity contribution in [3.05, 3.63) is 59.5 Å². The lowest BCUT2D eigenvalue weighted by molar-refractivity contribution is 1.34. The molecule has 5 aromatic rings. The van der Waals surface area contributed by atoms with Crippen LogP contribution >= 0.6 is 22.9 Å². The van der Waals surface area contributed by atoms with Crippen molar-refractivity contribution in [2.45, 2.75) is 0 Å². The molecule has 0 unspecified atom stereocenters. The molecule has 0 radical (unpaired) electrons. The molecular formula is C18H11ClN4S. The van der Waals surface area contributed by atoms with Crippen LogP contribution in [0, 0.1) is 0 Å². The SMILES string of the molecule is Clc1nccc2c(-c3csc(-c4c[nH]c5ccccc45)n3)c[nH]c12. The van der Waals surface area contributed by atoms with E-state index in [-0.39, 0.29) is 0 Å². The molecular weight excluding hydrogens is 340 g/mol. The van der Waals surface area contributed by atoms with Gasteiger partial charge in [0.25, 0.3) is 0 Å². The molecule has 2 N–H and O–H groups in total. The summed E-state index contributed by atoms with van der Waals surface area (Å²) in [6.07, 6.45) is 5.67. The van der Waals surface area contributed by atoms with Gasteiger partial charge < -0.3 is 9.97 Å². The Morgan fingerprint density at radius 3 is 2.79 bits per heavy atom. The minimum absolute atomic E-state index is 0.478. The van der Waals surface area contributed by atoms with Gasteiger partial charge in [0.1, 0.15) is 5.01 Å². The van der Waals surface area contributed by atoms with E-state index in [1.165, 1.54) is 5.39 Å². The number of para-hydroxylation sites is 1. The van der Waals surface area contributed by atoms with E-state index < -0.39 is 0 Å². The van der Waals surface area contributed by atoms with E-state index in [9.17, 15) is 0 Å². The van der Waals surface area contributed by atoms with Crippen molar-refractivity contribution in [2.24, 2.45) is 0 Å². The molecule has 24 heavy (non-hydrogen) atoms. The zero-order chi connectivity index (χ0) is 16.1. The number of aromatic nitrogens is 4. The fraction of sp³-hybridized carbons (Fsp3) is 0. The first-order valence-electron chi connectivity index (χ1n) is 7.45. The lowest BCUT2D eigenvalue weighted by Crippen LogP contribution is -1.79. The molecule has 1 aromatic carbocycles. The lowest BCUT2D eigenvalue weighted by atomic mass is 10.1. The molecule has 6 heteroatoms. The van der Waals surface area contributed by atoms with Crippen molar-refractivity contribution in [2.75, 3.05) is 0 Å². The molecule has 5 rings (SSSR count). The summed E-state index contributed by atoms with van der Waals surface area (Å²) in [5.74, 6) is 0. The number of hydrogen-bond donors (Lipinski definition) is 2. The highest BCUT2D eigenvalue weighted by atomic mass is 35.5. The van der Waals surface area contributed by atoms with E-state index in [0.29, 0.717) is 5.15 Å². The number of aromatic amines is 2. The minimum atomic E-state index is 0.478.